The molecule has 0 bridgehead atoms. The first-order chi connectivity index (χ1) is 14.6. The standard InChI is InChI=1S/C24H25NO4S/c1-17(23(26)25-13-7-8-14-25)28-24(27)22-20(19-11-5-6-12-21(19)29-22)16-30-15-18-9-3-2-4-10-18/h2-6,9-12,17H,7-8,13-16H2,1H3/t17-/m0/s1. The number of hydrogen-bond acceptors (Lipinski definition) is 5. The molecule has 30 heavy (non-hydrogen) atoms. The van der Waals surface area contributed by atoms with Crippen LogP contribution in [0.25, 0.3) is 11.0 Å². The van der Waals surface area contributed by atoms with Gasteiger partial charge in [0.2, 0.25) is 5.76 Å². The van der Waals surface area contributed by atoms with Gasteiger partial charge < -0.3 is 14.1 Å². The van der Waals surface area contributed by atoms with Crippen LogP contribution in [0.5, 0.6) is 0 Å². The molecule has 2 heterocycles. The molecule has 1 aromatic heterocycles. The Bertz CT molecular complexity index is 1020. The van der Waals surface area contributed by atoms with Crippen molar-refractivity contribution in [2.24, 2.45) is 0 Å². The third kappa shape index (κ3) is 4.54. The number of likely N-dealkylation sites (tertiary alicyclic amines) is 1. The van der Waals surface area contributed by atoms with Crippen molar-refractivity contribution in [3.05, 3.63) is 71.5 Å². The molecule has 2 aromatic carbocycles. The van der Waals surface area contributed by atoms with Gasteiger partial charge in [-0.3, -0.25) is 4.79 Å². The summed E-state index contributed by atoms with van der Waals surface area (Å²) < 4.78 is 11.4. The first kappa shape index (κ1) is 20.5. The van der Waals surface area contributed by atoms with Crippen molar-refractivity contribution in [3.8, 4) is 0 Å². The smallest absolute Gasteiger partial charge is 0.375 e. The van der Waals surface area contributed by atoms with E-state index in [1.165, 1.54) is 5.56 Å². The summed E-state index contributed by atoms with van der Waals surface area (Å²) in [5.74, 6) is 0.917. The largest absolute Gasteiger partial charge is 0.449 e. The van der Waals surface area contributed by atoms with Crippen molar-refractivity contribution in [1.29, 1.82) is 0 Å². The molecule has 0 aliphatic carbocycles. The van der Waals surface area contributed by atoms with Crippen molar-refractivity contribution < 1.29 is 18.7 Å². The van der Waals surface area contributed by atoms with Crippen LogP contribution in [0.3, 0.4) is 0 Å². The molecule has 4 rings (SSSR count). The Hall–Kier alpha value is -2.73. The van der Waals surface area contributed by atoms with E-state index in [1.54, 1.807) is 23.6 Å². The maximum Gasteiger partial charge on any atom is 0.375 e. The second-order valence-electron chi connectivity index (χ2n) is 7.46. The van der Waals surface area contributed by atoms with Gasteiger partial charge in [0.05, 0.1) is 0 Å². The van der Waals surface area contributed by atoms with Gasteiger partial charge in [0.25, 0.3) is 5.91 Å². The molecule has 1 amide bonds. The lowest BCUT2D eigenvalue weighted by Crippen LogP contribution is -2.38. The van der Waals surface area contributed by atoms with Gasteiger partial charge in [-0.05, 0) is 31.4 Å². The molecule has 3 aromatic rings. The molecule has 1 atom stereocenters. The van der Waals surface area contributed by atoms with Crippen LogP contribution in [-0.2, 0) is 21.0 Å². The average Bonchev–Trinajstić information content (AvgIpc) is 3.42. The topological polar surface area (TPSA) is 59.8 Å². The van der Waals surface area contributed by atoms with Gasteiger partial charge in [0.15, 0.2) is 6.10 Å². The van der Waals surface area contributed by atoms with E-state index in [4.69, 9.17) is 9.15 Å². The number of para-hydroxylation sites is 1. The number of thioether (sulfide) groups is 1. The van der Waals surface area contributed by atoms with E-state index in [-0.39, 0.29) is 11.7 Å². The molecule has 1 aliphatic heterocycles. The maximum absolute atomic E-state index is 12.9. The Morgan fingerprint density at radius 3 is 2.50 bits per heavy atom. The second-order valence-corrected chi connectivity index (χ2v) is 8.45. The summed E-state index contributed by atoms with van der Waals surface area (Å²) in [6.45, 7) is 3.09. The van der Waals surface area contributed by atoms with E-state index in [0.29, 0.717) is 11.3 Å². The van der Waals surface area contributed by atoms with Gasteiger partial charge in [0, 0.05) is 35.5 Å². The maximum atomic E-state index is 12.9. The fraction of sp³-hybridized carbons (Fsp3) is 0.333. The zero-order valence-electron chi connectivity index (χ0n) is 17.0. The SMILES string of the molecule is C[C@H](OC(=O)c1oc2ccccc2c1CSCc1ccccc1)C(=O)N1CCCC1. The normalized spacial score (nSPS) is 14.8. The minimum atomic E-state index is -0.825. The minimum Gasteiger partial charge on any atom is -0.449 e. The van der Waals surface area contributed by atoms with Crippen molar-refractivity contribution in [2.45, 2.75) is 37.4 Å². The Kier molecular flexibility index (Phi) is 6.43. The molecule has 0 N–H and O–H groups in total. The van der Waals surface area contributed by atoms with Crippen LogP contribution >= 0.6 is 11.8 Å². The quantitative estimate of drug-likeness (QED) is 0.499. The van der Waals surface area contributed by atoms with Crippen LogP contribution in [0.15, 0.2) is 59.0 Å². The number of rotatable bonds is 7. The first-order valence-corrected chi connectivity index (χ1v) is 11.4. The van der Waals surface area contributed by atoms with Gasteiger partial charge in [-0.1, -0.05) is 48.5 Å². The summed E-state index contributed by atoms with van der Waals surface area (Å²) in [4.78, 5) is 27.2. The van der Waals surface area contributed by atoms with Crippen LogP contribution < -0.4 is 0 Å². The Balaban J connectivity index is 1.50. The van der Waals surface area contributed by atoms with E-state index < -0.39 is 12.1 Å². The second kappa shape index (κ2) is 9.39. The summed E-state index contributed by atoms with van der Waals surface area (Å²) in [6, 6.07) is 17.8. The molecule has 0 spiro atoms. The Morgan fingerprint density at radius 1 is 1.03 bits per heavy atom. The Morgan fingerprint density at radius 2 is 1.73 bits per heavy atom. The van der Waals surface area contributed by atoms with E-state index in [2.05, 4.69) is 12.1 Å². The van der Waals surface area contributed by atoms with E-state index in [9.17, 15) is 9.59 Å². The van der Waals surface area contributed by atoms with E-state index in [0.717, 1.165) is 42.6 Å². The summed E-state index contributed by atoms with van der Waals surface area (Å²) in [5, 5.41) is 0.906. The van der Waals surface area contributed by atoms with Crippen molar-refractivity contribution in [1.82, 2.24) is 4.90 Å². The van der Waals surface area contributed by atoms with Gasteiger partial charge >= 0.3 is 5.97 Å². The monoisotopic (exact) mass is 423 g/mol. The number of esters is 1. The third-order valence-electron chi connectivity index (χ3n) is 5.29. The van der Waals surface area contributed by atoms with Gasteiger partial charge in [-0.25, -0.2) is 4.79 Å². The number of furan rings is 1. The highest BCUT2D eigenvalue weighted by Gasteiger charge is 2.29. The molecule has 156 valence electrons. The molecule has 5 nitrogen and oxygen atoms in total. The van der Waals surface area contributed by atoms with Gasteiger partial charge in [-0.15, -0.1) is 0 Å². The summed E-state index contributed by atoms with van der Waals surface area (Å²) >= 11 is 1.71. The number of nitrogens with zero attached hydrogens (tertiary/aromatic N) is 1. The molecule has 0 saturated carbocycles. The predicted molar refractivity (Wildman–Crippen MR) is 118 cm³/mol. The van der Waals surface area contributed by atoms with Crippen LogP contribution in [0, 0.1) is 0 Å². The van der Waals surface area contributed by atoms with Gasteiger partial charge in [-0.2, -0.15) is 11.8 Å². The summed E-state index contributed by atoms with van der Waals surface area (Å²) in [7, 11) is 0. The van der Waals surface area contributed by atoms with Crippen molar-refractivity contribution in [2.75, 3.05) is 13.1 Å². The minimum absolute atomic E-state index is 0.142. The lowest BCUT2D eigenvalue weighted by molar-refractivity contribution is -0.138. The highest BCUT2D eigenvalue weighted by Crippen LogP contribution is 2.31. The highest BCUT2D eigenvalue weighted by molar-refractivity contribution is 7.97. The molecular weight excluding hydrogens is 398 g/mol. The third-order valence-corrected chi connectivity index (χ3v) is 6.32. The number of ether oxygens (including phenoxy) is 1. The number of carbonyl (C=O) groups is 2. The summed E-state index contributed by atoms with van der Waals surface area (Å²) in [5.41, 5.74) is 2.69. The Labute approximate surface area is 180 Å². The van der Waals surface area contributed by atoms with Crippen LogP contribution in [0.4, 0.5) is 0 Å². The fourth-order valence-corrected chi connectivity index (χ4v) is 4.73. The number of benzene rings is 2. The van der Waals surface area contributed by atoms with Crippen LogP contribution in [0.1, 0.15) is 41.4 Å². The molecular formula is C24H25NO4S. The van der Waals surface area contributed by atoms with Crippen LogP contribution in [0.2, 0.25) is 0 Å². The molecule has 0 radical (unpaired) electrons. The van der Waals surface area contributed by atoms with Crippen molar-refractivity contribution in [3.63, 3.8) is 0 Å². The highest BCUT2D eigenvalue weighted by atomic mass is 32.2. The number of carbonyl (C=O) groups excluding carboxylic acids is 2. The molecule has 1 fully saturated rings. The number of hydrogen-bond donors (Lipinski definition) is 0. The lowest BCUT2D eigenvalue weighted by atomic mass is 10.1. The number of fused-ring (bicyclic) bond motifs is 1. The lowest BCUT2D eigenvalue weighted by Gasteiger charge is -2.20. The first-order valence-electron chi connectivity index (χ1n) is 10.3. The van der Waals surface area contributed by atoms with E-state index >= 15 is 0 Å². The zero-order chi connectivity index (χ0) is 20.9. The van der Waals surface area contributed by atoms with Gasteiger partial charge in [0.1, 0.15) is 5.58 Å². The molecule has 6 heteroatoms. The predicted octanol–water partition coefficient (Wildman–Crippen LogP) is 5.03. The van der Waals surface area contributed by atoms with Crippen molar-refractivity contribution >= 4 is 34.6 Å². The molecule has 0 unspecified atom stereocenters. The number of amides is 1. The zero-order valence-corrected chi connectivity index (χ0v) is 17.8. The average molecular weight is 424 g/mol. The van der Waals surface area contributed by atoms with Crippen LogP contribution in [-0.4, -0.2) is 36.0 Å². The molecule has 1 aliphatic rings. The molecule has 1 saturated heterocycles. The summed E-state index contributed by atoms with van der Waals surface area (Å²) in [6.07, 6.45) is 1.17. The van der Waals surface area contributed by atoms with E-state index in [1.807, 2.05) is 42.5 Å². The fourth-order valence-electron chi connectivity index (χ4n) is 3.71.